The third kappa shape index (κ3) is 5.19. The topological polar surface area (TPSA) is 74.6 Å². The van der Waals surface area contributed by atoms with Crippen molar-refractivity contribution in [3.8, 4) is 0 Å². The van der Waals surface area contributed by atoms with Gasteiger partial charge < -0.3 is 20.0 Å². The highest BCUT2D eigenvalue weighted by atomic mass is 35.5. The molecule has 1 aromatic heterocycles. The first kappa shape index (κ1) is 21.4. The molecule has 2 aromatic rings. The minimum atomic E-state index is -0.601. The zero-order valence-electron chi connectivity index (χ0n) is 16.4. The molecule has 3 atom stereocenters. The Morgan fingerprint density at radius 3 is 2.38 bits per heavy atom. The molecule has 1 aromatic carbocycles. The molecule has 0 bridgehead atoms. The van der Waals surface area contributed by atoms with Crippen molar-refractivity contribution in [3.05, 3.63) is 60.1 Å². The zero-order valence-corrected chi connectivity index (χ0v) is 17.2. The smallest absolute Gasteiger partial charge is 0.287 e. The van der Waals surface area contributed by atoms with Crippen molar-refractivity contribution in [3.63, 3.8) is 0 Å². The SMILES string of the molecule is Cl.O=C(NC(Cc1ccccc1)C(=O)N1CC[C@@H]2CNC[C@@H]2CC1)c1ccco1. The molecule has 0 radical (unpaired) electrons. The average Bonchev–Trinajstić information content (AvgIpc) is 3.37. The summed E-state index contributed by atoms with van der Waals surface area (Å²) in [4.78, 5) is 27.8. The summed E-state index contributed by atoms with van der Waals surface area (Å²) in [6.45, 7) is 3.61. The molecule has 29 heavy (non-hydrogen) atoms. The molecule has 2 aliphatic rings. The highest BCUT2D eigenvalue weighted by Gasteiger charge is 2.34. The van der Waals surface area contributed by atoms with Gasteiger partial charge in [-0.1, -0.05) is 30.3 Å². The van der Waals surface area contributed by atoms with Crippen LogP contribution in [0.3, 0.4) is 0 Å². The minimum Gasteiger partial charge on any atom is -0.459 e. The maximum absolute atomic E-state index is 13.3. The van der Waals surface area contributed by atoms with E-state index < -0.39 is 6.04 Å². The normalized spacial score (nSPS) is 22.1. The van der Waals surface area contributed by atoms with Gasteiger partial charge >= 0.3 is 0 Å². The van der Waals surface area contributed by atoms with Gasteiger partial charge in [0.15, 0.2) is 5.76 Å². The number of hydrogen-bond acceptors (Lipinski definition) is 4. The van der Waals surface area contributed by atoms with Crippen LogP contribution in [0.15, 0.2) is 53.1 Å². The van der Waals surface area contributed by atoms with Crippen LogP contribution in [0.4, 0.5) is 0 Å². The van der Waals surface area contributed by atoms with Crippen molar-refractivity contribution < 1.29 is 14.0 Å². The van der Waals surface area contributed by atoms with Crippen LogP contribution in [0.25, 0.3) is 0 Å². The molecule has 2 saturated heterocycles. The van der Waals surface area contributed by atoms with Crippen LogP contribution in [0.2, 0.25) is 0 Å². The number of furan rings is 1. The summed E-state index contributed by atoms with van der Waals surface area (Å²) in [6, 6.07) is 12.5. The van der Waals surface area contributed by atoms with E-state index in [1.807, 2.05) is 35.2 Å². The Morgan fingerprint density at radius 2 is 1.76 bits per heavy atom. The maximum atomic E-state index is 13.3. The van der Waals surface area contributed by atoms with Crippen molar-refractivity contribution in [2.45, 2.75) is 25.3 Å². The third-order valence-electron chi connectivity index (χ3n) is 5.96. The molecule has 2 amide bonds. The number of benzene rings is 1. The molecule has 1 unspecified atom stereocenters. The van der Waals surface area contributed by atoms with Gasteiger partial charge in [-0.25, -0.2) is 0 Å². The van der Waals surface area contributed by atoms with Crippen LogP contribution in [-0.4, -0.2) is 48.9 Å². The number of nitrogens with one attached hydrogen (secondary N) is 2. The van der Waals surface area contributed by atoms with Gasteiger partial charge in [-0.2, -0.15) is 0 Å². The molecular weight excluding hydrogens is 390 g/mol. The predicted octanol–water partition coefficient (Wildman–Crippen LogP) is 2.50. The molecule has 0 spiro atoms. The van der Waals surface area contributed by atoms with E-state index in [2.05, 4.69) is 10.6 Å². The molecule has 0 saturated carbocycles. The minimum absolute atomic E-state index is 0. The Labute approximate surface area is 177 Å². The van der Waals surface area contributed by atoms with Gasteiger partial charge in [-0.15, -0.1) is 12.4 Å². The number of likely N-dealkylation sites (tertiary alicyclic amines) is 1. The van der Waals surface area contributed by atoms with E-state index in [-0.39, 0.29) is 30.0 Å². The Morgan fingerprint density at radius 1 is 1.07 bits per heavy atom. The summed E-state index contributed by atoms with van der Waals surface area (Å²) in [5.41, 5.74) is 1.02. The standard InChI is InChI=1S/C22H27N3O3.ClH/c26-21(20-7-4-12-28-20)24-19(13-16-5-2-1-3-6-16)22(27)25-10-8-17-14-23-15-18(17)9-11-25;/h1-7,12,17-19,23H,8-11,13-15H2,(H,24,26);1H/t17-,18+,19?;. The first-order valence-electron chi connectivity index (χ1n) is 10.1. The number of hydrogen-bond donors (Lipinski definition) is 2. The van der Waals surface area contributed by atoms with Crippen LogP contribution in [0.5, 0.6) is 0 Å². The van der Waals surface area contributed by atoms with Crippen molar-refractivity contribution in [1.29, 1.82) is 0 Å². The molecule has 0 aliphatic carbocycles. The second kappa shape index (κ2) is 9.94. The van der Waals surface area contributed by atoms with Crippen LogP contribution in [-0.2, 0) is 11.2 Å². The number of carbonyl (C=O) groups is 2. The van der Waals surface area contributed by atoms with E-state index in [4.69, 9.17) is 4.42 Å². The van der Waals surface area contributed by atoms with Crippen molar-refractivity contribution in [2.24, 2.45) is 11.8 Å². The lowest BCUT2D eigenvalue weighted by Gasteiger charge is -2.27. The quantitative estimate of drug-likeness (QED) is 0.783. The number of carbonyl (C=O) groups excluding carboxylic acids is 2. The lowest BCUT2D eigenvalue weighted by atomic mass is 9.92. The molecule has 2 fully saturated rings. The molecule has 156 valence electrons. The van der Waals surface area contributed by atoms with E-state index in [9.17, 15) is 9.59 Å². The van der Waals surface area contributed by atoms with Gasteiger partial charge in [-0.3, -0.25) is 9.59 Å². The van der Waals surface area contributed by atoms with Gasteiger partial charge in [0.05, 0.1) is 6.26 Å². The second-order valence-corrected chi connectivity index (χ2v) is 7.77. The van der Waals surface area contributed by atoms with Crippen LogP contribution < -0.4 is 10.6 Å². The Hall–Kier alpha value is -2.31. The number of fused-ring (bicyclic) bond motifs is 1. The van der Waals surface area contributed by atoms with Gasteiger partial charge in [0.1, 0.15) is 6.04 Å². The first-order chi connectivity index (χ1) is 13.7. The van der Waals surface area contributed by atoms with Crippen LogP contribution in [0, 0.1) is 11.8 Å². The molecular formula is C22H28ClN3O3. The summed E-state index contributed by atoms with van der Waals surface area (Å²) >= 11 is 0. The van der Waals surface area contributed by atoms with Crippen molar-refractivity contribution >= 4 is 24.2 Å². The van der Waals surface area contributed by atoms with Gasteiger partial charge in [-0.05, 0) is 55.5 Å². The Balaban J connectivity index is 0.00000240. The van der Waals surface area contributed by atoms with Crippen LogP contribution >= 0.6 is 12.4 Å². The van der Waals surface area contributed by atoms with E-state index >= 15 is 0 Å². The maximum Gasteiger partial charge on any atom is 0.287 e. The van der Waals surface area contributed by atoms with Crippen molar-refractivity contribution in [1.82, 2.24) is 15.5 Å². The number of rotatable bonds is 5. The largest absolute Gasteiger partial charge is 0.459 e. The van der Waals surface area contributed by atoms with E-state index in [1.54, 1.807) is 12.1 Å². The summed E-state index contributed by atoms with van der Waals surface area (Å²) in [6.07, 6.45) is 3.97. The van der Waals surface area contributed by atoms with E-state index in [0.717, 1.165) is 44.6 Å². The molecule has 2 N–H and O–H groups in total. The third-order valence-corrected chi connectivity index (χ3v) is 5.96. The number of halogens is 1. The van der Waals surface area contributed by atoms with Crippen LogP contribution in [0.1, 0.15) is 29.0 Å². The summed E-state index contributed by atoms with van der Waals surface area (Å²) in [5, 5.41) is 6.36. The van der Waals surface area contributed by atoms with Gasteiger partial charge in [0.2, 0.25) is 5.91 Å². The Kier molecular flexibility index (Phi) is 7.34. The summed E-state index contributed by atoms with van der Waals surface area (Å²) in [5.74, 6) is 1.18. The Bertz CT molecular complexity index is 783. The molecule has 7 heteroatoms. The molecule has 4 rings (SSSR count). The zero-order chi connectivity index (χ0) is 19.3. The van der Waals surface area contributed by atoms with E-state index in [1.165, 1.54) is 6.26 Å². The lowest BCUT2D eigenvalue weighted by Crippen LogP contribution is -2.50. The molecule has 6 nitrogen and oxygen atoms in total. The van der Waals surface area contributed by atoms with Gasteiger partial charge in [0.25, 0.3) is 5.91 Å². The van der Waals surface area contributed by atoms with E-state index in [0.29, 0.717) is 18.3 Å². The monoisotopic (exact) mass is 417 g/mol. The second-order valence-electron chi connectivity index (χ2n) is 7.77. The average molecular weight is 418 g/mol. The highest BCUT2D eigenvalue weighted by molar-refractivity contribution is 5.95. The lowest BCUT2D eigenvalue weighted by molar-refractivity contribution is -0.133. The molecule has 2 aliphatic heterocycles. The van der Waals surface area contributed by atoms with Gasteiger partial charge in [0, 0.05) is 19.5 Å². The predicted molar refractivity (Wildman–Crippen MR) is 113 cm³/mol. The summed E-state index contributed by atoms with van der Waals surface area (Å²) in [7, 11) is 0. The van der Waals surface area contributed by atoms with Crippen molar-refractivity contribution in [2.75, 3.05) is 26.2 Å². The fraction of sp³-hybridized carbons (Fsp3) is 0.455. The number of amides is 2. The fourth-order valence-corrected chi connectivity index (χ4v) is 4.35. The molecule has 3 heterocycles. The fourth-order valence-electron chi connectivity index (χ4n) is 4.35. The highest BCUT2D eigenvalue weighted by Crippen LogP contribution is 2.27. The summed E-state index contributed by atoms with van der Waals surface area (Å²) < 4.78 is 5.20. The first-order valence-corrected chi connectivity index (χ1v) is 10.1. The number of nitrogens with zero attached hydrogens (tertiary/aromatic N) is 1.